The molecule has 116 valence electrons. The maximum atomic E-state index is 12.3. The van der Waals surface area contributed by atoms with E-state index in [0.717, 1.165) is 10.6 Å². The highest BCUT2D eigenvalue weighted by Gasteiger charge is 2.35. The Balaban J connectivity index is 1.56. The molecule has 1 N–H and O–H groups in total. The first-order valence-electron chi connectivity index (χ1n) is 7.27. The number of carbonyl (C=O) groups excluding carboxylic acids is 2. The second-order valence-electron chi connectivity index (χ2n) is 5.50. The summed E-state index contributed by atoms with van der Waals surface area (Å²) in [6, 6.07) is 7.56. The van der Waals surface area contributed by atoms with Crippen LogP contribution in [0.25, 0.3) is 0 Å². The van der Waals surface area contributed by atoms with E-state index in [4.69, 9.17) is 4.42 Å². The largest absolute Gasteiger partial charge is 0.467 e. The highest BCUT2D eigenvalue weighted by atomic mass is 32.1. The van der Waals surface area contributed by atoms with Gasteiger partial charge in [-0.25, -0.2) is 0 Å². The summed E-state index contributed by atoms with van der Waals surface area (Å²) in [5, 5.41) is 4.98. The average Bonchev–Trinajstić information content (AvgIpc) is 3.22. The molecule has 0 spiro atoms. The lowest BCUT2D eigenvalue weighted by atomic mass is 10.1. The molecule has 2 aromatic heterocycles. The molecular weight excluding hydrogens is 300 g/mol. The zero-order valence-corrected chi connectivity index (χ0v) is 13.1. The summed E-state index contributed by atoms with van der Waals surface area (Å²) in [6.07, 6.45) is 1.85. The number of furan rings is 1. The summed E-state index contributed by atoms with van der Waals surface area (Å²) >= 11 is 1.61. The number of nitrogens with zero attached hydrogens (tertiary/aromatic N) is 1. The average molecular weight is 318 g/mol. The predicted octanol–water partition coefficient (Wildman–Crippen LogP) is 2.57. The number of likely N-dealkylation sites (tertiary alicyclic amines) is 1. The molecule has 2 amide bonds. The normalized spacial score (nSPS) is 19.4. The number of rotatable bonds is 5. The molecule has 1 aliphatic heterocycles. The van der Waals surface area contributed by atoms with Crippen molar-refractivity contribution < 1.29 is 14.0 Å². The van der Waals surface area contributed by atoms with Crippen LogP contribution in [0.3, 0.4) is 0 Å². The third kappa shape index (κ3) is 3.22. The van der Waals surface area contributed by atoms with Crippen LogP contribution in [0.15, 0.2) is 40.3 Å². The molecule has 22 heavy (non-hydrogen) atoms. The Hall–Kier alpha value is -2.08. The molecular formula is C16H18N2O3S. The number of thiophene rings is 1. The van der Waals surface area contributed by atoms with Crippen LogP contribution >= 0.6 is 11.3 Å². The first-order valence-corrected chi connectivity index (χ1v) is 8.15. The molecule has 1 aliphatic rings. The molecule has 0 bridgehead atoms. The van der Waals surface area contributed by atoms with Crippen LogP contribution in [0.1, 0.15) is 30.0 Å². The van der Waals surface area contributed by atoms with Crippen LogP contribution in [0.5, 0.6) is 0 Å². The van der Waals surface area contributed by atoms with Gasteiger partial charge in [0, 0.05) is 17.8 Å². The van der Waals surface area contributed by atoms with Gasteiger partial charge >= 0.3 is 0 Å². The fraction of sp³-hybridized carbons (Fsp3) is 0.375. The Morgan fingerprint density at radius 1 is 1.50 bits per heavy atom. The highest BCUT2D eigenvalue weighted by molar-refractivity contribution is 7.10. The van der Waals surface area contributed by atoms with Gasteiger partial charge in [-0.3, -0.25) is 9.59 Å². The lowest BCUT2D eigenvalue weighted by Crippen LogP contribution is -2.34. The summed E-state index contributed by atoms with van der Waals surface area (Å²) in [4.78, 5) is 27.2. The van der Waals surface area contributed by atoms with Crippen molar-refractivity contribution in [3.05, 3.63) is 46.5 Å². The molecule has 6 heteroatoms. The molecule has 3 rings (SSSR count). The molecule has 1 fully saturated rings. The van der Waals surface area contributed by atoms with E-state index in [2.05, 4.69) is 5.32 Å². The highest BCUT2D eigenvalue weighted by Crippen LogP contribution is 2.23. The second-order valence-corrected chi connectivity index (χ2v) is 6.48. The van der Waals surface area contributed by atoms with Gasteiger partial charge in [0.25, 0.3) is 0 Å². The first kappa shape index (κ1) is 14.8. The Morgan fingerprint density at radius 2 is 2.36 bits per heavy atom. The van der Waals surface area contributed by atoms with E-state index in [1.54, 1.807) is 28.6 Å². The van der Waals surface area contributed by atoms with Crippen LogP contribution in [-0.4, -0.2) is 23.3 Å². The molecule has 0 aromatic carbocycles. The number of amides is 2. The van der Waals surface area contributed by atoms with Crippen LogP contribution in [0.2, 0.25) is 0 Å². The van der Waals surface area contributed by atoms with Crippen LogP contribution < -0.4 is 5.32 Å². The van der Waals surface area contributed by atoms with Gasteiger partial charge in [-0.1, -0.05) is 6.07 Å². The Kier molecular flexibility index (Phi) is 4.29. The maximum absolute atomic E-state index is 12.3. The topological polar surface area (TPSA) is 62.6 Å². The van der Waals surface area contributed by atoms with Crippen LogP contribution in [-0.2, 0) is 16.1 Å². The van der Waals surface area contributed by atoms with Crippen LogP contribution in [0, 0.1) is 5.92 Å². The lowest BCUT2D eigenvalue weighted by molar-refractivity contribution is -0.129. The zero-order valence-electron chi connectivity index (χ0n) is 12.3. The van der Waals surface area contributed by atoms with Crippen molar-refractivity contribution in [2.45, 2.75) is 25.9 Å². The van der Waals surface area contributed by atoms with Gasteiger partial charge in [-0.2, -0.15) is 0 Å². The van der Waals surface area contributed by atoms with Crippen molar-refractivity contribution in [3.63, 3.8) is 0 Å². The molecule has 1 saturated heterocycles. The van der Waals surface area contributed by atoms with Crippen molar-refractivity contribution in [2.75, 3.05) is 6.54 Å². The minimum absolute atomic E-state index is 0.000302. The number of carbonyl (C=O) groups is 2. The zero-order chi connectivity index (χ0) is 15.5. The van der Waals surface area contributed by atoms with Gasteiger partial charge in [-0.05, 0) is 30.5 Å². The molecule has 2 atom stereocenters. The van der Waals surface area contributed by atoms with Crippen molar-refractivity contribution in [3.8, 4) is 0 Å². The minimum atomic E-state index is -0.287. The van der Waals surface area contributed by atoms with E-state index >= 15 is 0 Å². The maximum Gasteiger partial charge on any atom is 0.225 e. The summed E-state index contributed by atoms with van der Waals surface area (Å²) < 4.78 is 5.26. The Bertz CT molecular complexity index is 636. The van der Waals surface area contributed by atoms with E-state index in [1.807, 2.05) is 30.5 Å². The van der Waals surface area contributed by atoms with Crippen molar-refractivity contribution in [2.24, 2.45) is 5.92 Å². The van der Waals surface area contributed by atoms with E-state index in [0.29, 0.717) is 13.1 Å². The fourth-order valence-corrected chi connectivity index (χ4v) is 3.37. The minimum Gasteiger partial charge on any atom is -0.467 e. The third-order valence-electron chi connectivity index (χ3n) is 3.84. The van der Waals surface area contributed by atoms with Crippen molar-refractivity contribution >= 4 is 23.2 Å². The predicted molar refractivity (Wildman–Crippen MR) is 83.1 cm³/mol. The fourth-order valence-electron chi connectivity index (χ4n) is 2.63. The number of nitrogens with one attached hydrogen (secondary N) is 1. The van der Waals surface area contributed by atoms with Crippen LogP contribution in [0.4, 0.5) is 0 Å². The summed E-state index contributed by atoms with van der Waals surface area (Å²) in [5.41, 5.74) is 0. The van der Waals surface area contributed by atoms with E-state index < -0.39 is 0 Å². The monoisotopic (exact) mass is 318 g/mol. The summed E-state index contributed by atoms with van der Waals surface area (Å²) in [6.45, 7) is 2.83. The van der Waals surface area contributed by atoms with Gasteiger partial charge in [0.1, 0.15) is 5.76 Å². The molecule has 5 nitrogen and oxygen atoms in total. The number of hydrogen-bond donors (Lipinski definition) is 1. The smallest absolute Gasteiger partial charge is 0.225 e. The molecule has 0 unspecified atom stereocenters. The molecule has 2 aromatic rings. The van der Waals surface area contributed by atoms with Gasteiger partial charge in [0.05, 0.1) is 24.8 Å². The SMILES string of the molecule is C[C@@H](NC(=O)[C@@H]1CC(=O)N(Cc2ccco2)C1)c1cccs1. The number of hydrogen-bond acceptors (Lipinski definition) is 4. The lowest BCUT2D eigenvalue weighted by Gasteiger charge is -2.17. The van der Waals surface area contributed by atoms with Gasteiger partial charge in [0.2, 0.25) is 11.8 Å². The molecule has 0 aliphatic carbocycles. The van der Waals surface area contributed by atoms with Gasteiger partial charge < -0.3 is 14.6 Å². The van der Waals surface area contributed by atoms with E-state index in [9.17, 15) is 9.59 Å². The molecule has 0 saturated carbocycles. The Labute approximate surface area is 132 Å². The quantitative estimate of drug-likeness (QED) is 0.921. The van der Waals surface area contributed by atoms with Crippen molar-refractivity contribution in [1.82, 2.24) is 10.2 Å². The molecule has 0 radical (unpaired) electrons. The Morgan fingerprint density at radius 3 is 3.05 bits per heavy atom. The van der Waals surface area contributed by atoms with Gasteiger partial charge in [0.15, 0.2) is 0 Å². The van der Waals surface area contributed by atoms with E-state index in [-0.39, 0.29) is 30.2 Å². The summed E-state index contributed by atoms with van der Waals surface area (Å²) in [7, 11) is 0. The third-order valence-corrected chi connectivity index (χ3v) is 4.90. The standard InChI is InChI=1S/C16H18N2O3S/c1-11(14-5-3-7-22-14)17-16(20)12-8-15(19)18(9-12)10-13-4-2-6-21-13/h2-7,11-12H,8-10H2,1H3,(H,17,20)/t11-,12-/m1/s1. The van der Waals surface area contributed by atoms with Crippen molar-refractivity contribution in [1.29, 1.82) is 0 Å². The van der Waals surface area contributed by atoms with E-state index in [1.165, 1.54) is 0 Å². The van der Waals surface area contributed by atoms with Gasteiger partial charge in [-0.15, -0.1) is 11.3 Å². The second kappa shape index (κ2) is 6.36. The summed E-state index contributed by atoms with van der Waals surface area (Å²) in [5.74, 6) is 0.391. The molecule has 3 heterocycles. The first-order chi connectivity index (χ1) is 10.6.